The zero-order valence-corrected chi connectivity index (χ0v) is 21.0. The van der Waals surface area contributed by atoms with Gasteiger partial charge in [-0.2, -0.15) is 4.98 Å². The van der Waals surface area contributed by atoms with Gasteiger partial charge in [-0.3, -0.25) is 4.79 Å². The number of halogens is 1. The number of carbonyl (C=O) groups excluding carboxylic acids is 1. The van der Waals surface area contributed by atoms with Crippen LogP contribution in [-0.4, -0.2) is 76.0 Å². The molecule has 2 fully saturated rings. The Bertz CT molecular complexity index is 1250. The fourth-order valence-electron chi connectivity index (χ4n) is 4.94. The average Bonchev–Trinajstić information content (AvgIpc) is 3.24. The molecule has 1 amide bonds. The maximum Gasteiger partial charge on any atom is 0.230 e. The first-order valence-corrected chi connectivity index (χ1v) is 12.1. The topological polar surface area (TPSA) is 81.9 Å². The largest absolute Gasteiger partial charge is 0.352 e. The van der Waals surface area contributed by atoms with Gasteiger partial charge in [0.25, 0.3) is 0 Å². The Labute approximate surface area is 205 Å². The zero-order valence-electron chi connectivity index (χ0n) is 21.0. The number of hydrogen-bond acceptors (Lipinski definition) is 7. The lowest BCUT2D eigenvalue weighted by molar-refractivity contribution is -0.133. The van der Waals surface area contributed by atoms with Crippen molar-refractivity contribution in [2.24, 2.45) is 5.41 Å². The normalized spacial score (nSPS) is 20.7. The van der Waals surface area contributed by atoms with Gasteiger partial charge >= 0.3 is 0 Å². The molecule has 2 aliphatic heterocycles. The molecule has 0 aromatic carbocycles. The Morgan fingerprint density at radius 2 is 1.94 bits per heavy atom. The number of nitrogens with zero attached hydrogens (tertiary/aromatic N) is 7. The molecule has 0 aliphatic carbocycles. The molecule has 2 aliphatic rings. The van der Waals surface area contributed by atoms with Crippen LogP contribution in [-0.2, 0) is 10.3 Å². The molecule has 5 heterocycles. The molecule has 0 spiro atoms. The summed E-state index contributed by atoms with van der Waals surface area (Å²) in [4.78, 5) is 32.8. The highest BCUT2D eigenvalue weighted by atomic mass is 19.1. The lowest BCUT2D eigenvalue weighted by Gasteiger charge is -2.48. The minimum Gasteiger partial charge on any atom is -0.352 e. The summed E-state index contributed by atoms with van der Waals surface area (Å²) in [5, 5.41) is 3.19. The summed E-state index contributed by atoms with van der Waals surface area (Å²) in [7, 11) is 2.10. The van der Waals surface area contributed by atoms with E-state index in [2.05, 4.69) is 44.0 Å². The Morgan fingerprint density at radius 1 is 1.17 bits per heavy atom. The predicted molar refractivity (Wildman–Crippen MR) is 133 cm³/mol. The maximum atomic E-state index is 14.7. The first-order chi connectivity index (χ1) is 16.6. The van der Waals surface area contributed by atoms with Crippen LogP contribution < -0.4 is 15.1 Å². The van der Waals surface area contributed by atoms with Crippen LogP contribution in [0.5, 0.6) is 0 Å². The van der Waals surface area contributed by atoms with E-state index in [1.54, 1.807) is 6.20 Å². The Kier molecular flexibility index (Phi) is 5.66. The van der Waals surface area contributed by atoms with Gasteiger partial charge in [0.05, 0.1) is 29.0 Å². The molecule has 5 rings (SSSR count). The van der Waals surface area contributed by atoms with Crippen molar-refractivity contribution in [2.45, 2.75) is 39.3 Å². The lowest BCUT2D eigenvalue weighted by atomic mass is 9.80. The van der Waals surface area contributed by atoms with Crippen molar-refractivity contribution >= 4 is 23.3 Å². The van der Waals surface area contributed by atoms with E-state index < -0.39 is 16.8 Å². The number of carbonyl (C=O) groups is 1. The number of amides is 1. The highest BCUT2D eigenvalue weighted by molar-refractivity contribution is 5.86. The molecule has 1 N–H and O–H groups in total. The second kappa shape index (κ2) is 8.44. The van der Waals surface area contributed by atoms with Crippen molar-refractivity contribution in [1.82, 2.24) is 29.6 Å². The van der Waals surface area contributed by atoms with E-state index in [4.69, 9.17) is 0 Å². The van der Waals surface area contributed by atoms with Crippen molar-refractivity contribution in [1.29, 1.82) is 0 Å². The van der Waals surface area contributed by atoms with Crippen LogP contribution >= 0.6 is 0 Å². The number of imidazole rings is 1. The van der Waals surface area contributed by atoms with E-state index in [-0.39, 0.29) is 11.7 Å². The molecule has 0 saturated carbocycles. The minimum atomic E-state index is -0.655. The van der Waals surface area contributed by atoms with Crippen molar-refractivity contribution < 1.29 is 9.18 Å². The Balaban J connectivity index is 1.28. The van der Waals surface area contributed by atoms with Gasteiger partial charge in [-0.25, -0.2) is 14.4 Å². The molecule has 2 saturated heterocycles. The highest BCUT2D eigenvalue weighted by Crippen LogP contribution is 2.36. The summed E-state index contributed by atoms with van der Waals surface area (Å²) in [5.74, 6) is 0.248. The van der Waals surface area contributed by atoms with E-state index in [0.717, 1.165) is 31.0 Å². The Hall–Kier alpha value is -3.27. The van der Waals surface area contributed by atoms with Gasteiger partial charge in [-0.1, -0.05) is 6.07 Å². The first kappa shape index (κ1) is 23.5. The van der Waals surface area contributed by atoms with Crippen LogP contribution in [0.4, 0.5) is 16.2 Å². The number of nitrogens with one attached hydrogen (secondary N) is 1. The maximum absolute atomic E-state index is 14.7. The monoisotopic (exact) mass is 480 g/mol. The molecule has 0 unspecified atom stereocenters. The van der Waals surface area contributed by atoms with E-state index in [0.29, 0.717) is 25.1 Å². The molecule has 3 aromatic heterocycles. The lowest BCUT2D eigenvalue weighted by Crippen LogP contribution is -2.64. The number of hydrogen-bond donors (Lipinski definition) is 1. The third-order valence-corrected chi connectivity index (χ3v) is 7.37. The number of pyridine rings is 1. The van der Waals surface area contributed by atoms with E-state index >= 15 is 0 Å². The smallest absolute Gasteiger partial charge is 0.230 e. The van der Waals surface area contributed by atoms with Gasteiger partial charge in [-0.05, 0) is 46.9 Å². The summed E-state index contributed by atoms with van der Waals surface area (Å²) in [5.41, 5.74) is 0.439. The highest BCUT2D eigenvalue weighted by Gasteiger charge is 2.48. The molecule has 1 atom stereocenters. The van der Waals surface area contributed by atoms with Gasteiger partial charge in [-0.15, -0.1) is 0 Å². The second-order valence-corrected chi connectivity index (χ2v) is 10.7. The van der Waals surface area contributed by atoms with Gasteiger partial charge < -0.3 is 24.4 Å². The number of anilines is 2. The standard InChI is InChI=1S/C25H33FN8O/c1-17-14-32(11-10-31(17)5)23-28-12-18(26)21(29-23)33-15-25(4,16-33)22(35)30-24(2,3)19-13-27-20-8-6-7-9-34(19)20/h6-9,12-13,17H,10-11,14-16H2,1-5H3,(H,30,35)/t17-/m0/s1. The van der Waals surface area contributed by atoms with E-state index in [1.807, 2.05) is 54.5 Å². The molecule has 3 aromatic rings. The van der Waals surface area contributed by atoms with Crippen LogP contribution in [0.3, 0.4) is 0 Å². The average molecular weight is 481 g/mol. The van der Waals surface area contributed by atoms with Gasteiger partial charge in [0.1, 0.15) is 5.65 Å². The quantitative estimate of drug-likeness (QED) is 0.600. The number of fused-ring (bicyclic) bond motifs is 1. The van der Waals surface area contributed by atoms with Crippen molar-refractivity contribution in [3.63, 3.8) is 0 Å². The predicted octanol–water partition coefficient (Wildman–Crippen LogP) is 2.28. The van der Waals surface area contributed by atoms with Crippen LogP contribution in [0.25, 0.3) is 5.65 Å². The second-order valence-electron chi connectivity index (χ2n) is 10.7. The van der Waals surface area contributed by atoms with E-state index in [9.17, 15) is 9.18 Å². The molecular formula is C25H33FN8O. The molecule has 0 radical (unpaired) electrons. The summed E-state index contributed by atoms with van der Waals surface area (Å²) in [6.07, 6.45) is 4.97. The number of aromatic nitrogens is 4. The minimum absolute atomic E-state index is 0.0767. The van der Waals surface area contributed by atoms with Crippen LogP contribution in [0, 0.1) is 11.2 Å². The molecule has 35 heavy (non-hydrogen) atoms. The third-order valence-electron chi connectivity index (χ3n) is 7.37. The van der Waals surface area contributed by atoms with Crippen LogP contribution in [0.1, 0.15) is 33.4 Å². The fraction of sp³-hybridized carbons (Fsp3) is 0.520. The van der Waals surface area contributed by atoms with Crippen molar-refractivity contribution in [3.8, 4) is 0 Å². The van der Waals surface area contributed by atoms with E-state index in [1.165, 1.54) is 6.20 Å². The molecule has 186 valence electrons. The summed E-state index contributed by atoms with van der Waals surface area (Å²) in [6, 6.07) is 6.17. The van der Waals surface area contributed by atoms with Crippen molar-refractivity contribution in [3.05, 3.63) is 48.3 Å². The number of rotatable bonds is 5. The number of likely N-dealkylation sites (N-methyl/N-ethyl adjacent to an activating group) is 1. The summed E-state index contributed by atoms with van der Waals surface area (Å²) in [6.45, 7) is 11.3. The van der Waals surface area contributed by atoms with Crippen LogP contribution in [0.15, 0.2) is 36.8 Å². The third kappa shape index (κ3) is 4.20. The molecule has 9 nitrogen and oxygen atoms in total. The SMILES string of the molecule is C[C@H]1CN(c2ncc(F)c(N3CC(C)(C(=O)NC(C)(C)c4cnc5ccccn45)C3)n2)CCN1C. The molecular weight excluding hydrogens is 447 g/mol. The Morgan fingerprint density at radius 3 is 2.69 bits per heavy atom. The fourth-order valence-corrected chi connectivity index (χ4v) is 4.94. The van der Waals surface area contributed by atoms with Gasteiger partial charge in [0.15, 0.2) is 11.6 Å². The molecule has 0 bridgehead atoms. The van der Waals surface area contributed by atoms with Crippen LogP contribution in [0.2, 0.25) is 0 Å². The summed E-state index contributed by atoms with van der Waals surface area (Å²) < 4.78 is 16.7. The van der Waals surface area contributed by atoms with Gasteiger partial charge in [0.2, 0.25) is 11.9 Å². The first-order valence-electron chi connectivity index (χ1n) is 12.1. The number of piperazine rings is 1. The zero-order chi connectivity index (χ0) is 25.0. The summed E-state index contributed by atoms with van der Waals surface area (Å²) >= 11 is 0. The molecule has 10 heteroatoms. The van der Waals surface area contributed by atoms with Crippen molar-refractivity contribution in [2.75, 3.05) is 49.6 Å². The van der Waals surface area contributed by atoms with Gasteiger partial charge in [0, 0.05) is 45.0 Å².